The van der Waals surface area contributed by atoms with Crippen molar-refractivity contribution in [2.75, 3.05) is 57.7 Å². The average Bonchev–Trinajstić information content (AvgIpc) is 3.17. The van der Waals surface area contributed by atoms with E-state index in [0.29, 0.717) is 0 Å². The lowest BCUT2D eigenvalue weighted by molar-refractivity contribution is -0.138. The van der Waals surface area contributed by atoms with Gasteiger partial charge >= 0.3 is 6.18 Å². The number of halogens is 3. The van der Waals surface area contributed by atoms with Crippen LogP contribution in [0.15, 0.2) is 12.4 Å². The first-order valence-electron chi connectivity index (χ1n) is 11.3. The van der Waals surface area contributed by atoms with E-state index in [1.54, 1.807) is 0 Å². The number of hydrogen-bond acceptors (Lipinski definition) is 6. The van der Waals surface area contributed by atoms with Crippen molar-refractivity contribution in [2.45, 2.75) is 44.3 Å². The first-order chi connectivity index (χ1) is 14.5. The topological polar surface area (TPSA) is 56.3 Å². The van der Waals surface area contributed by atoms with Crippen molar-refractivity contribution in [2.24, 2.45) is 11.8 Å². The van der Waals surface area contributed by atoms with E-state index in [0.717, 1.165) is 50.3 Å². The van der Waals surface area contributed by atoms with Gasteiger partial charge in [0, 0.05) is 44.6 Å². The summed E-state index contributed by atoms with van der Waals surface area (Å²) in [6.45, 7) is 9.07. The molecule has 6 nitrogen and oxygen atoms in total. The van der Waals surface area contributed by atoms with Crippen molar-refractivity contribution in [3.8, 4) is 0 Å². The maximum absolute atomic E-state index is 12.6. The van der Waals surface area contributed by atoms with E-state index >= 15 is 0 Å². The van der Waals surface area contributed by atoms with Crippen molar-refractivity contribution in [1.82, 2.24) is 25.1 Å². The Hall–Kier alpha value is -1.45. The van der Waals surface area contributed by atoms with Crippen LogP contribution >= 0.6 is 0 Å². The average molecular weight is 427 g/mol. The van der Waals surface area contributed by atoms with Crippen LogP contribution in [0, 0.1) is 11.8 Å². The molecule has 30 heavy (non-hydrogen) atoms. The van der Waals surface area contributed by atoms with Crippen molar-refractivity contribution in [3.63, 3.8) is 0 Å². The molecule has 1 aromatic rings. The van der Waals surface area contributed by atoms with Gasteiger partial charge in [0.1, 0.15) is 0 Å². The van der Waals surface area contributed by atoms with Gasteiger partial charge in [-0.15, -0.1) is 0 Å². The third-order valence-corrected chi connectivity index (χ3v) is 6.78. The highest BCUT2D eigenvalue weighted by Gasteiger charge is 2.32. The molecular formula is C21H33F3N6. The van der Waals surface area contributed by atoms with Gasteiger partial charge in [-0.2, -0.15) is 13.2 Å². The largest absolute Gasteiger partial charge is 0.419 e. The van der Waals surface area contributed by atoms with Crippen LogP contribution in [0.4, 0.5) is 19.1 Å². The monoisotopic (exact) mass is 426 g/mol. The molecule has 0 aliphatic carbocycles. The molecule has 1 aromatic heterocycles. The number of likely N-dealkylation sites (tertiary alicyclic amines) is 2. The number of nitrogens with zero attached hydrogens (tertiary/aromatic N) is 4. The Labute approximate surface area is 176 Å². The predicted octanol–water partition coefficient (Wildman–Crippen LogP) is 2.69. The van der Waals surface area contributed by atoms with Gasteiger partial charge in [0.15, 0.2) is 0 Å². The van der Waals surface area contributed by atoms with Crippen LogP contribution in [0.1, 0.15) is 37.7 Å². The van der Waals surface area contributed by atoms with Crippen LogP contribution in [-0.4, -0.2) is 78.2 Å². The van der Waals surface area contributed by atoms with E-state index < -0.39 is 11.7 Å². The number of anilines is 1. The Kier molecular flexibility index (Phi) is 7.10. The van der Waals surface area contributed by atoms with Gasteiger partial charge in [-0.25, -0.2) is 9.97 Å². The van der Waals surface area contributed by atoms with Crippen molar-refractivity contribution in [1.29, 1.82) is 0 Å². The third kappa shape index (κ3) is 6.04. The molecule has 9 heteroatoms. The fourth-order valence-corrected chi connectivity index (χ4v) is 4.99. The molecule has 0 amide bonds. The summed E-state index contributed by atoms with van der Waals surface area (Å²) in [4.78, 5) is 12.8. The minimum Gasteiger partial charge on any atom is -0.350 e. The summed E-state index contributed by atoms with van der Waals surface area (Å²) in [5.74, 6) is 1.89. The summed E-state index contributed by atoms with van der Waals surface area (Å²) in [5.41, 5.74) is -0.812. The first-order valence-corrected chi connectivity index (χ1v) is 11.3. The van der Waals surface area contributed by atoms with Crippen molar-refractivity contribution >= 4 is 5.95 Å². The highest BCUT2D eigenvalue weighted by molar-refractivity contribution is 5.27. The summed E-state index contributed by atoms with van der Waals surface area (Å²) in [7, 11) is 0. The summed E-state index contributed by atoms with van der Waals surface area (Å²) >= 11 is 0. The van der Waals surface area contributed by atoms with Gasteiger partial charge < -0.3 is 20.4 Å². The van der Waals surface area contributed by atoms with Gasteiger partial charge in [-0.3, -0.25) is 0 Å². The highest BCUT2D eigenvalue weighted by atomic mass is 19.4. The molecular weight excluding hydrogens is 393 g/mol. The molecule has 168 valence electrons. The molecule has 1 atom stereocenters. The second kappa shape index (κ2) is 9.78. The van der Waals surface area contributed by atoms with Gasteiger partial charge in [-0.05, 0) is 70.1 Å². The molecule has 4 heterocycles. The molecule has 0 saturated carbocycles. The van der Waals surface area contributed by atoms with Crippen molar-refractivity contribution < 1.29 is 13.2 Å². The SMILES string of the molecule is FC(F)(F)c1cnc(NC2CCN(CC3CCN(CC4CCNCC4)CC3)C2)nc1. The summed E-state index contributed by atoms with van der Waals surface area (Å²) in [5, 5.41) is 6.64. The zero-order valence-corrected chi connectivity index (χ0v) is 17.5. The van der Waals surface area contributed by atoms with Gasteiger partial charge in [0.05, 0.1) is 5.56 Å². The second-order valence-electron chi connectivity index (χ2n) is 9.12. The maximum atomic E-state index is 12.6. The third-order valence-electron chi connectivity index (χ3n) is 6.78. The van der Waals surface area contributed by atoms with E-state index in [-0.39, 0.29) is 12.0 Å². The summed E-state index contributed by atoms with van der Waals surface area (Å²) < 4.78 is 37.9. The van der Waals surface area contributed by atoms with E-state index in [4.69, 9.17) is 0 Å². The number of rotatable bonds is 6. The molecule has 1 unspecified atom stereocenters. The smallest absolute Gasteiger partial charge is 0.350 e. The van der Waals surface area contributed by atoms with Crippen LogP contribution in [-0.2, 0) is 6.18 Å². The van der Waals surface area contributed by atoms with Crippen LogP contribution in [0.5, 0.6) is 0 Å². The molecule has 0 spiro atoms. The van der Waals surface area contributed by atoms with Crippen LogP contribution in [0.25, 0.3) is 0 Å². The first kappa shape index (κ1) is 21.8. The van der Waals surface area contributed by atoms with E-state index in [2.05, 4.69) is 30.4 Å². The van der Waals surface area contributed by atoms with Crippen LogP contribution in [0.2, 0.25) is 0 Å². The van der Waals surface area contributed by atoms with E-state index in [1.807, 2.05) is 0 Å². The number of hydrogen-bond donors (Lipinski definition) is 2. The molecule has 3 fully saturated rings. The van der Waals surface area contributed by atoms with E-state index in [9.17, 15) is 13.2 Å². The standard InChI is InChI=1S/C21H33F3N6/c22-21(23,24)18-11-26-20(27-12-18)28-19-5-10-30(15-19)14-17-3-8-29(9-4-17)13-16-1-6-25-7-2-16/h11-12,16-17,19,25H,1-10,13-15H2,(H,26,27,28). The molecule has 2 N–H and O–H groups in total. The lowest BCUT2D eigenvalue weighted by atomic mass is 9.93. The van der Waals surface area contributed by atoms with Gasteiger partial charge in [0.25, 0.3) is 0 Å². The number of nitrogens with one attached hydrogen (secondary N) is 2. The Bertz CT molecular complexity index is 654. The fourth-order valence-electron chi connectivity index (χ4n) is 4.99. The number of piperidine rings is 2. The molecule has 0 bridgehead atoms. The molecule has 0 aromatic carbocycles. The predicted molar refractivity (Wildman–Crippen MR) is 110 cm³/mol. The molecule has 3 aliphatic heterocycles. The lowest BCUT2D eigenvalue weighted by Gasteiger charge is -2.36. The Morgan fingerprint density at radius 3 is 2.17 bits per heavy atom. The summed E-state index contributed by atoms with van der Waals surface area (Å²) in [6.07, 6.45) is 3.42. The van der Waals surface area contributed by atoms with Crippen molar-refractivity contribution in [3.05, 3.63) is 18.0 Å². The summed E-state index contributed by atoms with van der Waals surface area (Å²) in [6, 6.07) is 0.196. The molecule has 3 aliphatic rings. The highest BCUT2D eigenvalue weighted by Crippen LogP contribution is 2.28. The minimum absolute atomic E-state index is 0.196. The van der Waals surface area contributed by atoms with Gasteiger partial charge in [-0.1, -0.05) is 0 Å². The quantitative estimate of drug-likeness (QED) is 0.730. The van der Waals surface area contributed by atoms with Gasteiger partial charge in [0.2, 0.25) is 5.95 Å². The zero-order chi connectivity index (χ0) is 21.0. The maximum Gasteiger partial charge on any atom is 0.419 e. The number of aromatic nitrogens is 2. The second-order valence-corrected chi connectivity index (χ2v) is 9.12. The minimum atomic E-state index is -4.40. The lowest BCUT2D eigenvalue weighted by Crippen LogP contribution is -2.42. The Morgan fingerprint density at radius 2 is 1.50 bits per heavy atom. The van der Waals surface area contributed by atoms with E-state index in [1.165, 1.54) is 58.4 Å². The normalized spacial score (nSPS) is 25.6. The van der Waals surface area contributed by atoms with Crippen LogP contribution < -0.4 is 10.6 Å². The molecule has 4 rings (SSSR count). The van der Waals surface area contributed by atoms with Crippen LogP contribution in [0.3, 0.4) is 0 Å². The fraction of sp³-hybridized carbons (Fsp3) is 0.810. The Morgan fingerprint density at radius 1 is 0.900 bits per heavy atom. The molecule has 0 radical (unpaired) electrons. The Balaban J connectivity index is 1.16. The zero-order valence-electron chi connectivity index (χ0n) is 17.5. The molecule has 3 saturated heterocycles. The number of alkyl halides is 3.